The largest absolute Gasteiger partial charge is 0.460 e. The molecule has 4 rings (SSSR count). The Balaban J connectivity index is 1.61. The number of halogens is 1. The van der Waals surface area contributed by atoms with Gasteiger partial charge in [0.2, 0.25) is 0 Å². The van der Waals surface area contributed by atoms with Crippen molar-refractivity contribution in [2.45, 2.75) is 26.9 Å². The summed E-state index contributed by atoms with van der Waals surface area (Å²) in [4.78, 5) is 16.9. The van der Waals surface area contributed by atoms with Crippen molar-refractivity contribution in [3.8, 4) is 23.1 Å². The number of rotatable bonds is 6. The molecular weight excluding hydrogens is 407 g/mol. The highest BCUT2D eigenvalue weighted by Crippen LogP contribution is 2.25. The summed E-state index contributed by atoms with van der Waals surface area (Å²) in [5.41, 5.74) is 3.82. The second-order valence-corrected chi connectivity index (χ2v) is 7.67. The predicted molar refractivity (Wildman–Crippen MR) is 122 cm³/mol. The van der Waals surface area contributed by atoms with Gasteiger partial charge in [0.15, 0.2) is 5.82 Å². The quantitative estimate of drug-likeness (QED) is 0.443. The second-order valence-electron chi connectivity index (χ2n) is 7.67. The van der Waals surface area contributed by atoms with Gasteiger partial charge in [-0.3, -0.25) is 4.79 Å². The van der Waals surface area contributed by atoms with Gasteiger partial charge in [-0.05, 0) is 69.3 Å². The Labute approximate surface area is 185 Å². The van der Waals surface area contributed by atoms with Crippen LogP contribution in [0.25, 0.3) is 17.1 Å². The molecule has 7 heteroatoms. The lowest BCUT2D eigenvalue weighted by Gasteiger charge is -2.09. The molecule has 0 unspecified atom stereocenters. The Morgan fingerprint density at radius 3 is 2.25 bits per heavy atom. The second kappa shape index (κ2) is 9.01. The molecule has 0 spiro atoms. The maximum Gasteiger partial charge on any atom is 0.336 e. The predicted octanol–water partition coefficient (Wildman–Crippen LogP) is 5.42. The van der Waals surface area contributed by atoms with E-state index in [1.165, 1.54) is 24.3 Å². The number of hydrogen-bond acceptors (Lipinski definition) is 4. The maximum atomic E-state index is 13.1. The molecule has 0 aliphatic rings. The van der Waals surface area contributed by atoms with Crippen LogP contribution in [0.15, 0.2) is 72.8 Å². The van der Waals surface area contributed by atoms with E-state index in [4.69, 9.17) is 4.74 Å². The summed E-state index contributed by atoms with van der Waals surface area (Å²) in [6.45, 7) is 5.87. The minimum atomic E-state index is -0.385. The summed E-state index contributed by atoms with van der Waals surface area (Å²) in [6.07, 6.45) is -0.0548. The van der Waals surface area contributed by atoms with E-state index < -0.39 is 0 Å². The fourth-order valence-electron chi connectivity index (χ4n) is 3.11. The van der Waals surface area contributed by atoms with E-state index in [0.29, 0.717) is 23.1 Å². The topological polar surface area (TPSA) is 69.0 Å². The van der Waals surface area contributed by atoms with Crippen molar-refractivity contribution in [3.63, 3.8) is 0 Å². The lowest BCUT2D eigenvalue weighted by molar-refractivity contribution is 0.102. The van der Waals surface area contributed by atoms with Crippen molar-refractivity contribution >= 4 is 11.6 Å². The van der Waals surface area contributed by atoms with Gasteiger partial charge in [-0.15, -0.1) is 5.10 Å². The van der Waals surface area contributed by atoms with Gasteiger partial charge >= 0.3 is 6.01 Å². The van der Waals surface area contributed by atoms with Crippen molar-refractivity contribution in [1.82, 2.24) is 14.8 Å². The third kappa shape index (κ3) is 4.83. The van der Waals surface area contributed by atoms with E-state index in [1.54, 1.807) is 16.8 Å². The van der Waals surface area contributed by atoms with Gasteiger partial charge < -0.3 is 10.1 Å². The first-order valence-corrected chi connectivity index (χ1v) is 10.3. The van der Waals surface area contributed by atoms with Crippen LogP contribution in [0, 0.1) is 12.7 Å². The zero-order valence-corrected chi connectivity index (χ0v) is 18.0. The van der Waals surface area contributed by atoms with Gasteiger partial charge in [-0.2, -0.15) is 4.98 Å². The van der Waals surface area contributed by atoms with Crippen molar-refractivity contribution in [2.24, 2.45) is 0 Å². The zero-order chi connectivity index (χ0) is 22.7. The first kappa shape index (κ1) is 21.2. The fourth-order valence-corrected chi connectivity index (χ4v) is 3.11. The monoisotopic (exact) mass is 430 g/mol. The van der Waals surface area contributed by atoms with Crippen LogP contribution in [0.4, 0.5) is 10.1 Å². The van der Waals surface area contributed by atoms with Crippen molar-refractivity contribution < 1.29 is 13.9 Å². The molecule has 162 valence electrons. The molecule has 0 atom stereocenters. The zero-order valence-electron chi connectivity index (χ0n) is 18.0. The van der Waals surface area contributed by atoms with Gasteiger partial charge in [0, 0.05) is 16.8 Å². The van der Waals surface area contributed by atoms with Gasteiger partial charge in [0.25, 0.3) is 5.91 Å². The Morgan fingerprint density at radius 1 is 0.969 bits per heavy atom. The van der Waals surface area contributed by atoms with Crippen LogP contribution < -0.4 is 10.1 Å². The number of carbonyl (C=O) groups is 1. The summed E-state index contributed by atoms with van der Waals surface area (Å²) in [5, 5.41) is 7.34. The molecule has 0 saturated carbocycles. The Hall–Kier alpha value is -4.00. The van der Waals surface area contributed by atoms with Crippen LogP contribution >= 0.6 is 0 Å². The molecular formula is C25H23FN4O2. The molecule has 0 aliphatic heterocycles. The average Bonchev–Trinajstić information content (AvgIpc) is 3.18. The molecule has 6 nitrogen and oxygen atoms in total. The molecule has 0 saturated heterocycles. The van der Waals surface area contributed by atoms with E-state index in [9.17, 15) is 9.18 Å². The van der Waals surface area contributed by atoms with Gasteiger partial charge in [0.1, 0.15) is 5.82 Å². The maximum absolute atomic E-state index is 13.1. The number of ether oxygens (including phenoxy) is 1. The van der Waals surface area contributed by atoms with Crippen LogP contribution in [0.5, 0.6) is 6.01 Å². The van der Waals surface area contributed by atoms with E-state index in [0.717, 1.165) is 16.8 Å². The molecule has 32 heavy (non-hydrogen) atoms. The van der Waals surface area contributed by atoms with Crippen LogP contribution in [0.3, 0.4) is 0 Å². The molecule has 0 aliphatic carbocycles. The van der Waals surface area contributed by atoms with E-state index >= 15 is 0 Å². The molecule has 4 aromatic rings. The lowest BCUT2D eigenvalue weighted by Crippen LogP contribution is -2.12. The van der Waals surface area contributed by atoms with E-state index in [1.807, 2.05) is 57.2 Å². The Bertz CT molecular complexity index is 1210. The number of nitrogens with one attached hydrogen (secondary N) is 1. The van der Waals surface area contributed by atoms with E-state index in [-0.39, 0.29) is 17.8 Å². The fraction of sp³-hybridized carbons (Fsp3) is 0.160. The van der Waals surface area contributed by atoms with Crippen LogP contribution in [-0.4, -0.2) is 26.8 Å². The van der Waals surface area contributed by atoms with Crippen LogP contribution in [0.1, 0.15) is 29.8 Å². The highest BCUT2D eigenvalue weighted by atomic mass is 19.1. The van der Waals surface area contributed by atoms with Crippen molar-refractivity contribution in [1.29, 1.82) is 0 Å². The standard InChI is InChI=1S/C25H23FN4O2/c1-16(2)32-25-28-23(18-6-4-17(3)5-7-18)30(29-25)22-14-12-21(13-15-22)27-24(31)19-8-10-20(26)11-9-19/h4-16H,1-3H3,(H,27,31). The summed E-state index contributed by atoms with van der Waals surface area (Å²) in [7, 11) is 0. The smallest absolute Gasteiger partial charge is 0.336 e. The van der Waals surface area contributed by atoms with Crippen molar-refractivity contribution in [2.75, 3.05) is 5.32 Å². The van der Waals surface area contributed by atoms with Crippen LogP contribution in [-0.2, 0) is 0 Å². The number of nitrogens with zero attached hydrogens (tertiary/aromatic N) is 3. The summed E-state index contributed by atoms with van der Waals surface area (Å²) in [5.74, 6) is -0.0425. The average molecular weight is 430 g/mol. The number of amides is 1. The molecule has 1 N–H and O–H groups in total. The molecule has 1 aromatic heterocycles. The highest BCUT2D eigenvalue weighted by Gasteiger charge is 2.16. The normalized spacial score (nSPS) is 10.9. The molecule has 3 aromatic carbocycles. The number of aryl methyl sites for hydroxylation is 1. The Kier molecular flexibility index (Phi) is 5.98. The summed E-state index contributed by atoms with van der Waals surface area (Å²) < 4.78 is 20.5. The molecule has 1 heterocycles. The minimum absolute atomic E-state index is 0.0548. The van der Waals surface area contributed by atoms with Crippen molar-refractivity contribution in [3.05, 3.63) is 89.7 Å². The third-order valence-corrected chi connectivity index (χ3v) is 4.71. The first-order valence-electron chi connectivity index (χ1n) is 10.3. The summed E-state index contributed by atoms with van der Waals surface area (Å²) >= 11 is 0. The summed E-state index contributed by atoms with van der Waals surface area (Å²) in [6, 6.07) is 21.0. The van der Waals surface area contributed by atoms with Gasteiger partial charge in [-0.25, -0.2) is 9.07 Å². The number of aromatic nitrogens is 3. The SMILES string of the molecule is Cc1ccc(-c2nc(OC(C)C)nn2-c2ccc(NC(=O)c3ccc(F)cc3)cc2)cc1. The minimum Gasteiger partial charge on any atom is -0.460 e. The number of anilines is 1. The molecule has 1 amide bonds. The van der Waals surface area contributed by atoms with Gasteiger partial charge in [-0.1, -0.05) is 29.8 Å². The van der Waals surface area contributed by atoms with Gasteiger partial charge in [0.05, 0.1) is 11.8 Å². The molecule has 0 radical (unpaired) electrons. The highest BCUT2D eigenvalue weighted by molar-refractivity contribution is 6.04. The first-order chi connectivity index (χ1) is 15.4. The third-order valence-electron chi connectivity index (χ3n) is 4.71. The molecule has 0 fully saturated rings. The molecule has 0 bridgehead atoms. The van der Waals surface area contributed by atoms with E-state index in [2.05, 4.69) is 15.4 Å². The lowest BCUT2D eigenvalue weighted by atomic mass is 10.1. The number of benzene rings is 3. The Morgan fingerprint density at radius 2 is 1.62 bits per heavy atom. The van der Waals surface area contributed by atoms with Crippen LogP contribution in [0.2, 0.25) is 0 Å². The number of carbonyl (C=O) groups excluding carboxylic acids is 1. The number of hydrogen-bond donors (Lipinski definition) is 1.